The number of benzene rings is 1. The van der Waals surface area contributed by atoms with E-state index < -0.39 is 0 Å². The molecule has 168 valence electrons. The first-order chi connectivity index (χ1) is 15.8. The highest BCUT2D eigenvalue weighted by Crippen LogP contribution is 2.40. The standard InChI is InChI=1S/C24H30N6OS/c1-31-19-9-7-17(8-10-19)21-22(32-24(29-21)30-15-13-25-14-16-30)20-11-12-26-23(28-20)27-18-5-3-2-4-6-18/h7-12,18,25H,2-6,13-16H2,1H3,(H,26,27,28). The van der Waals surface area contributed by atoms with Gasteiger partial charge in [0.2, 0.25) is 5.95 Å². The maximum absolute atomic E-state index is 5.35. The van der Waals surface area contributed by atoms with Crippen molar-refractivity contribution in [3.05, 3.63) is 36.5 Å². The van der Waals surface area contributed by atoms with E-state index in [1.807, 2.05) is 24.4 Å². The minimum Gasteiger partial charge on any atom is -0.497 e. The predicted molar refractivity (Wildman–Crippen MR) is 131 cm³/mol. The molecule has 0 bridgehead atoms. The first-order valence-corrected chi connectivity index (χ1v) is 12.3. The van der Waals surface area contributed by atoms with Crippen molar-refractivity contribution in [2.45, 2.75) is 38.1 Å². The fourth-order valence-electron chi connectivity index (χ4n) is 4.40. The molecular weight excluding hydrogens is 420 g/mol. The van der Waals surface area contributed by atoms with E-state index in [1.165, 1.54) is 32.1 Å². The summed E-state index contributed by atoms with van der Waals surface area (Å²) in [7, 11) is 1.69. The van der Waals surface area contributed by atoms with Gasteiger partial charge in [0.05, 0.1) is 23.4 Å². The zero-order valence-electron chi connectivity index (χ0n) is 18.5. The average molecular weight is 451 g/mol. The molecule has 0 amide bonds. The maximum atomic E-state index is 5.35. The van der Waals surface area contributed by atoms with Gasteiger partial charge >= 0.3 is 0 Å². The number of nitrogens with one attached hydrogen (secondary N) is 2. The molecule has 8 heteroatoms. The first kappa shape index (κ1) is 21.2. The Kier molecular flexibility index (Phi) is 6.50. The number of aromatic nitrogens is 3. The second kappa shape index (κ2) is 9.83. The molecule has 2 N–H and O–H groups in total. The van der Waals surface area contributed by atoms with E-state index in [4.69, 9.17) is 14.7 Å². The Morgan fingerprint density at radius 2 is 1.81 bits per heavy atom. The van der Waals surface area contributed by atoms with Crippen molar-refractivity contribution in [2.75, 3.05) is 43.5 Å². The molecule has 2 aromatic heterocycles. The highest BCUT2D eigenvalue weighted by Gasteiger charge is 2.22. The summed E-state index contributed by atoms with van der Waals surface area (Å²) in [6, 6.07) is 10.6. The molecule has 7 nitrogen and oxygen atoms in total. The quantitative estimate of drug-likeness (QED) is 0.575. The van der Waals surface area contributed by atoms with Gasteiger partial charge in [-0.05, 0) is 43.2 Å². The lowest BCUT2D eigenvalue weighted by atomic mass is 9.96. The predicted octanol–water partition coefficient (Wildman–Crippen LogP) is 4.43. The fraction of sp³-hybridized carbons (Fsp3) is 0.458. The SMILES string of the molecule is COc1ccc(-c2nc(N3CCNCC3)sc2-c2ccnc(NC3CCCCC3)n2)cc1. The Labute approximate surface area is 193 Å². The highest BCUT2D eigenvalue weighted by molar-refractivity contribution is 7.19. The maximum Gasteiger partial charge on any atom is 0.223 e. The number of methoxy groups -OCH3 is 1. The number of ether oxygens (including phenoxy) is 1. The van der Waals surface area contributed by atoms with Crippen molar-refractivity contribution in [1.82, 2.24) is 20.3 Å². The van der Waals surface area contributed by atoms with E-state index in [0.717, 1.165) is 58.9 Å². The summed E-state index contributed by atoms with van der Waals surface area (Å²) in [6.45, 7) is 3.89. The van der Waals surface area contributed by atoms with Crippen molar-refractivity contribution in [2.24, 2.45) is 0 Å². The van der Waals surface area contributed by atoms with E-state index >= 15 is 0 Å². The molecule has 1 saturated heterocycles. The van der Waals surface area contributed by atoms with Gasteiger partial charge in [0.1, 0.15) is 5.75 Å². The van der Waals surface area contributed by atoms with Gasteiger partial charge in [-0.15, -0.1) is 0 Å². The van der Waals surface area contributed by atoms with Crippen LogP contribution in [0.25, 0.3) is 21.8 Å². The summed E-state index contributed by atoms with van der Waals surface area (Å²) in [5.74, 6) is 1.56. The van der Waals surface area contributed by atoms with Gasteiger partial charge in [-0.2, -0.15) is 0 Å². The van der Waals surface area contributed by atoms with E-state index in [1.54, 1.807) is 18.4 Å². The summed E-state index contributed by atoms with van der Waals surface area (Å²) in [6.07, 6.45) is 8.13. The minimum atomic E-state index is 0.470. The van der Waals surface area contributed by atoms with E-state index in [9.17, 15) is 0 Å². The molecule has 1 aromatic carbocycles. The van der Waals surface area contributed by atoms with Gasteiger partial charge < -0.3 is 20.3 Å². The molecule has 2 aliphatic rings. The van der Waals surface area contributed by atoms with E-state index in [0.29, 0.717) is 12.0 Å². The van der Waals surface area contributed by atoms with Crippen molar-refractivity contribution in [1.29, 1.82) is 0 Å². The molecule has 1 aliphatic carbocycles. The van der Waals surface area contributed by atoms with Gasteiger partial charge in [0.25, 0.3) is 0 Å². The van der Waals surface area contributed by atoms with Crippen molar-refractivity contribution in [3.8, 4) is 27.6 Å². The Bertz CT molecular complexity index is 1030. The zero-order chi connectivity index (χ0) is 21.8. The Balaban J connectivity index is 1.49. The van der Waals surface area contributed by atoms with Crippen LogP contribution in [0.4, 0.5) is 11.1 Å². The number of nitrogens with zero attached hydrogens (tertiary/aromatic N) is 4. The number of thiazole rings is 1. The van der Waals surface area contributed by atoms with E-state index in [-0.39, 0.29) is 0 Å². The van der Waals surface area contributed by atoms with E-state index in [2.05, 4.69) is 32.7 Å². The number of piperazine rings is 1. The molecule has 2 fully saturated rings. The number of hydrogen-bond donors (Lipinski definition) is 2. The van der Waals surface area contributed by atoms with Crippen LogP contribution >= 0.6 is 11.3 Å². The highest BCUT2D eigenvalue weighted by atomic mass is 32.1. The monoisotopic (exact) mass is 450 g/mol. The molecule has 0 atom stereocenters. The average Bonchev–Trinajstić information content (AvgIpc) is 3.31. The molecule has 3 aromatic rings. The van der Waals surface area contributed by atoms with Crippen molar-refractivity contribution in [3.63, 3.8) is 0 Å². The van der Waals surface area contributed by atoms with Crippen LogP contribution in [0.5, 0.6) is 5.75 Å². The third kappa shape index (κ3) is 4.71. The van der Waals surface area contributed by atoms with Crippen LogP contribution < -0.4 is 20.3 Å². The van der Waals surface area contributed by atoms with Crippen LogP contribution in [-0.2, 0) is 0 Å². The van der Waals surface area contributed by atoms with Crippen LogP contribution in [-0.4, -0.2) is 54.3 Å². The van der Waals surface area contributed by atoms with Crippen LogP contribution in [0, 0.1) is 0 Å². The van der Waals surface area contributed by atoms with Crippen LogP contribution in [0.1, 0.15) is 32.1 Å². The molecule has 1 saturated carbocycles. The summed E-state index contributed by atoms with van der Waals surface area (Å²) in [5, 5.41) is 8.03. The number of hydrogen-bond acceptors (Lipinski definition) is 8. The lowest BCUT2D eigenvalue weighted by molar-refractivity contribution is 0.415. The zero-order valence-corrected chi connectivity index (χ0v) is 19.3. The lowest BCUT2D eigenvalue weighted by Crippen LogP contribution is -2.43. The molecule has 32 heavy (non-hydrogen) atoms. The third-order valence-electron chi connectivity index (χ3n) is 6.19. The molecule has 3 heterocycles. The van der Waals surface area contributed by atoms with Crippen LogP contribution in [0.2, 0.25) is 0 Å². The largest absolute Gasteiger partial charge is 0.497 e. The molecule has 5 rings (SSSR count). The normalized spacial score (nSPS) is 17.3. The lowest BCUT2D eigenvalue weighted by Gasteiger charge is -2.26. The molecule has 0 spiro atoms. The molecular formula is C24H30N6OS. The van der Waals surface area contributed by atoms with Gasteiger partial charge in [-0.25, -0.2) is 15.0 Å². The topological polar surface area (TPSA) is 75.2 Å². The smallest absolute Gasteiger partial charge is 0.223 e. The van der Waals surface area contributed by atoms with Gasteiger partial charge in [0, 0.05) is 44.0 Å². The second-order valence-electron chi connectivity index (χ2n) is 8.38. The third-order valence-corrected chi connectivity index (χ3v) is 7.33. The second-order valence-corrected chi connectivity index (χ2v) is 9.36. The van der Waals surface area contributed by atoms with Crippen LogP contribution in [0.3, 0.4) is 0 Å². The van der Waals surface area contributed by atoms with Gasteiger partial charge in [-0.3, -0.25) is 0 Å². The van der Waals surface area contributed by atoms with Crippen molar-refractivity contribution < 1.29 is 4.74 Å². The van der Waals surface area contributed by atoms with Crippen LogP contribution in [0.15, 0.2) is 36.5 Å². The number of rotatable bonds is 6. The Morgan fingerprint density at radius 1 is 1.03 bits per heavy atom. The molecule has 0 unspecified atom stereocenters. The fourth-order valence-corrected chi connectivity index (χ4v) is 5.51. The minimum absolute atomic E-state index is 0.470. The molecule has 0 radical (unpaired) electrons. The Hall–Kier alpha value is -2.71. The van der Waals surface area contributed by atoms with Crippen molar-refractivity contribution >= 4 is 22.4 Å². The molecule has 1 aliphatic heterocycles. The summed E-state index contributed by atoms with van der Waals surface area (Å²) in [5.41, 5.74) is 2.95. The Morgan fingerprint density at radius 3 is 2.56 bits per heavy atom. The van der Waals surface area contributed by atoms with Gasteiger partial charge in [-0.1, -0.05) is 30.6 Å². The first-order valence-electron chi connectivity index (χ1n) is 11.5. The number of anilines is 2. The summed E-state index contributed by atoms with van der Waals surface area (Å²) in [4.78, 5) is 17.9. The van der Waals surface area contributed by atoms with Gasteiger partial charge in [0.15, 0.2) is 5.13 Å². The summed E-state index contributed by atoms with van der Waals surface area (Å²) >= 11 is 1.72. The summed E-state index contributed by atoms with van der Waals surface area (Å²) < 4.78 is 5.35.